The topological polar surface area (TPSA) is 44.8 Å². The Morgan fingerprint density at radius 1 is 1.40 bits per heavy atom. The third-order valence-corrected chi connectivity index (χ3v) is 4.41. The van der Waals surface area contributed by atoms with Crippen LogP contribution in [0.5, 0.6) is 0 Å². The van der Waals surface area contributed by atoms with Crippen LogP contribution in [0.15, 0.2) is 0 Å². The SMILES string of the molecule is CCC1CN(C)CCCN1CC(NC1CC1)C(=O)OC. The summed E-state index contributed by atoms with van der Waals surface area (Å²) in [5, 5.41) is 3.44. The summed E-state index contributed by atoms with van der Waals surface area (Å²) in [5.74, 6) is -0.121. The van der Waals surface area contributed by atoms with E-state index < -0.39 is 0 Å². The predicted octanol–water partition coefficient (Wildman–Crippen LogP) is 0.696. The lowest BCUT2D eigenvalue weighted by Crippen LogP contribution is -2.51. The first kappa shape index (κ1) is 15.7. The Hall–Kier alpha value is -0.650. The monoisotopic (exact) mass is 283 g/mol. The van der Waals surface area contributed by atoms with Crippen molar-refractivity contribution in [1.82, 2.24) is 15.1 Å². The fraction of sp³-hybridized carbons (Fsp3) is 0.933. The van der Waals surface area contributed by atoms with Gasteiger partial charge in [-0.1, -0.05) is 6.92 Å². The van der Waals surface area contributed by atoms with Crippen LogP contribution in [-0.4, -0.2) is 74.2 Å². The zero-order chi connectivity index (χ0) is 14.5. The molecule has 0 aromatic carbocycles. The van der Waals surface area contributed by atoms with Crippen molar-refractivity contribution in [2.75, 3.05) is 40.3 Å². The Morgan fingerprint density at radius 2 is 2.15 bits per heavy atom. The molecule has 0 radical (unpaired) electrons. The van der Waals surface area contributed by atoms with Gasteiger partial charge in [-0.15, -0.1) is 0 Å². The molecule has 1 heterocycles. The highest BCUT2D eigenvalue weighted by molar-refractivity contribution is 5.76. The van der Waals surface area contributed by atoms with E-state index in [1.54, 1.807) is 0 Å². The molecule has 5 nitrogen and oxygen atoms in total. The minimum Gasteiger partial charge on any atom is -0.468 e. The van der Waals surface area contributed by atoms with E-state index in [0.29, 0.717) is 12.1 Å². The molecule has 1 saturated heterocycles. The molecule has 2 unspecified atom stereocenters. The molecule has 2 aliphatic rings. The summed E-state index contributed by atoms with van der Waals surface area (Å²) in [4.78, 5) is 16.8. The molecule has 2 atom stereocenters. The maximum atomic E-state index is 12.0. The predicted molar refractivity (Wildman–Crippen MR) is 79.7 cm³/mol. The number of carbonyl (C=O) groups is 1. The van der Waals surface area contributed by atoms with Gasteiger partial charge in [-0.3, -0.25) is 9.69 Å². The average molecular weight is 283 g/mol. The second-order valence-corrected chi connectivity index (χ2v) is 6.19. The van der Waals surface area contributed by atoms with E-state index in [1.165, 1.54) is 26.4 Å². The van der Waals surface area contributed by atoms with Crippen molar-refractivity contribution < 1.29 is 9.53 Å². The Bertz CT molecular complexity index is 320. The van der Waals surface area contributed by atoms with E-state index in [2.05, 4.69) is 29.1 Å². The zero-order valence-electron chi connectivity index (χ0n) is 13.1. The highest BCUT2D eigenvalue weighted by Gasteiger charge is 2.32. The molecule has 116 valence electrons. The van der Waals surface area contributed by atoms with Crippen molar-refractivity contribution in [3.63, 3.8) is 0 Å². The van der Waals surface area contributed by atoms with Crippen molar-refractivity contribution in [3.8, 4) is 0 Å². The first-order valence-corrected chi connectivity index (χ1v) is 7.90. The number of methoxy groups -OCH3 is 1. The van der Waals surface area contributed by atoms with Crippen LogP contribution in [0.2, 0.25) is 0 Å². The van der Waals surface area contributed by atoms with Gasteiger partial charge in [0.2, 0.25) is 0 Å². The molecule has 2 fully saturated rings. The quantitative estimate of drug-likeness (QED) is 0.727. The molecular formula is C15H29N3O2. The van der Waals surface area contributed by atoms with Gasteiger partial charge in [0.15, 0.2) is 0 Å². The molecule has 1 saturated carbocycles. The number of carbonyl (C=O) groups excluding carboxylic acids is 1. The van der Waals surface area contributed by atoms with Crippen molar-refractivity contribution >= 4 is 5.97 Å². The molecule has 0 aromatic heterocycles. The highest BCUT2D eigenvalue weighted by Crippen LogP contribution is 2.20. The second-order valence-electron chi connectivity index (χ2n) is 6.19. The van der Waals surface area contributed by atoms with Crippen LogP contribution in [0.4, 0.5) is 0 Å². The smallest absolute Gasteiger partial charge is 0.324 e. The van der Waals surface area contributed by atoms with Crippen LogP contribution in [0.25, 0.3) is 0 Å². The number of esters is 1. The van der Waals surface area contributed by atoms with Crippen molar-refractivity contribution in [2.24, 2.45) is 0 Å². The minimum absolute atomic E-state index is 0.121. The van der Waals surface area contributed by atoms with Gasteiger partial charge in [0.05, 0.1) is 7.11 Å². The van der Waals surface area contributed by atoms with E-state index in [0.717, 1.165) is 32.6 Å². The fourth-order valence-electron chi connectivity index (χ4n) is 3.03. The van der Waals surface area contributed by atoms with E-state index in [4.69, 9.17) is 4.74 Å². The van der Waals surface area contributed by atoms with Crippen molar-refractivity contribution in [3.05, 3.63) is 0 Å². The van der Waals surface area contributed by atoms with Gasteiger partial charge >= 0.3 is 5.97 Å². The fourth-order valence-corrected chi connectivity index (χ4v) is 3.03. The average Bonchev–Trinajstić information content (AvgIpc) is 3.26. The van der Waals surface area contributed by atoms with E-state index in [-0.39, 0.29) is 12.0 Å². The Labute approximate surface area is 122 Å². The number of nitrogens with one attached hydrogen (secondary N) is 1. The van der Waals surface area contributed by atoms with Crippen LogP contribution < -0.4 is 5.32 Å². The summed E-state index contributed by atoms with van der Waals surface area (Å²) in [7, 11) is 3.67. The first-order valence-electron chi connectivity index (χ1n) is 7.90. The summed E-state index contributed by atoms with van der Waals surface area (Å²) in [5.41, 5.74) is 0. The lowest BCUT2D eigenvalue weighted by atomic mass is 10.1. The summed E-state index contributed by atoms with van der Waals surface area (Å²) in [6, 6.07) is 0.884. The Kier molecular flexibility index (Phi) is 5.81. The van der Waals surface area contributed by atoms with Crippen LogP contribution >= 0.6 is 0 Å². The summed E-state index contributed by atoms with van der Waals surface area (Å²) in [6.45, 7) is 6.32. The normalized spacial score (nSPS) is 27.1. The van der Waals surface area contributed by atoms with Crippen LogP contribution in [0.3, 0.4) is 0 Å². The van der Waals surface area contributed by atoms with Gasteiger partial charge in [0, 0.05) is 25.2 Å². The lowest BCUT2D eigenvalue weighted by Gasteiger charge is -2.32. The molecule has 2 rings (SSSR count). The summed E-state index contributed by atoms with van der Waals surface area (Å²) >= 11 is 0. The third-order valence-electron chi connectivity index (χ3n) is 4.41. The molecule has 5 heteroatoms. The number of hydrogen-bond acceptors (Lipinski definition) is 5. The van der Waals surface area contributed by atoms with Gasteiger partial charge in [0.25, 0.3) is 0 Å². The lowest BCUT2D eigenvalue weighted by molar-refractivity contribution is -0.143. The molecule has 0 spiro atoms. The molecular weight excluding hydrogens is 254 g/mol. The zero-order valence-corrected chi connectivity index (χ0v) is 13.1. The van der Waals surface area contributed by atoms with Crippen LogP contribution in [0, 0.1) is 0 Å². The number of rotatable bonds is 6. The summed E-state index contributed by atoms with van der Waals surface area (Å²) in [6.07, 6.45) is 4.67. The standard InChI is InChI=1S/C15H29N3O2/c1-4-13-10-17(2)8-5-9-18(13)11-14(15(19)20-3)16-12-6-7-12/h12-14,16H,4-11H2,1-3H3. The van der Waals surface area contributed by atoms with Crippen LogP contribution in [-0.2, 0) is 9.53 Å². The van der Waals surface area contributed by atoms with Crippen LogP contribution in [0.1, 0.15) is 32.6 Å². The number of likely N-dealkylation sites (N-methyl/N-ethyl adjacent to an activating group) is 1. The summed E-state index contributed by atoms with van der Waals surface area (Å²) < 4.78 is 4.97. The van der Waals surface area contributed by atoms with E-state index in [9.17, 15) is 4.79 Å². The first-order chi connectivity index (χ1) is 9.63. The molecule has 0 bridgehead atoms. The largest absolute Gasteiger partial charge is 0.468 e. The maximum absolute atomic E-state index is 12.0. The molecule has 20 heavy (non-hydrogen) atoms. The van der Waals surface area contributed by atoms with Gasteiger partial charge in [-0.2, -0.15) is 0 Å². The van der Waals surface area contributed by atoms with Gasteiger partial charge in [-0.05, 0) is 45.8 Å². The number of hydrogen-bond donors (Lipinski definition) is 1. The van der Waals surface area contributed by atoms with E-state index >= 15 is 0 Å². The van der Waals surface area contributed by atoms with Crippen molar-refractivity contribution in [1.29, 1.82) is 0 Å². The molecule has 0 aromatic rings. The minimum atomic E-state index is -0.176. The second kappa shape index (κ2) is 7.38. The van der Waals surface area contributed by atoms with E-state index in [1.807, 2.05) is 0 Å². The maximum Gasteiger partial charge on any atom is 0.324 e. The third kappa shape index (κ3) is 4.43. The van der Waals surface area contributed by atoms with Gasteiger partial charge in [0.1, 0.15) is 6.04 Å². The van der Waals surface area contributed by atoms with Crippen molar-refractivity contribution in [2.45, 2.75) is 50.7 Å². The molecule has 1 aliphatic heterocycles. The number of ether oxygens (including phenoxy) is 1. The molecule has 0 amide bonds. The molecule has 1 N–H and O–H groups in total. The molecule has 1 aliphatic carbocycles. The number of nitrogens with zero attached hydrogens (tertiary/aromatic N) is 2. The Morgan fingerprint density at radius 3 is 2.75 bits per heavy atom. The van der Waals surface area contributed by atoms with Gasteiger partial charge < -0.3 is 15.0 Å². The Balaban J connectivity index is 1.96. The van der Waals surface area contributed by atoms with Gasteiger partial charge in [-0.25, -0.2) is 0 Å². The highest BCUT2D eigenvalue weighted by atomic mass is 16.5.